The van der Waals surface area contributed by atoms with Crippen molar-refractivity contribution in [2.45, 2.75) is 25.3 Å². The Hall–Kier alpha value is -0.610. The van der Waals surface area contributed by atoms with Crippen molar-refractivity contribution in [3.8, 4) is 0 Å². The molecule has 0 aliphatic carbocycles. The molecule has 1 rings (SSSR count). The maximum absolute atomic E-state index is 6.04. The van der Waals surface area contributed by atoms with Crippen LogP contribution in [-0.2, 0) is 6.42 Å². The molecule has 1 aromatic rings. The molecule has 0 saturated carbocycles. The molecule has 20 heavy (non-hydrogen) atoms. The van der Waals surface area contributed by atoms with Crippen LogP contribution in [0.15, 0.2) is 24.3 Å². The minimum atomic E-state index is -0.0137. The third-order valence-electron chi connectivity index (χ3n) is 3.96. The van der Waals surface area contributed by atoms with Crippen LogP contribution in [0, 0.1) is 0 Å². The molecule has 0 fully saturated rings. The molecule has 3 nitrogen and oxygen atoms in total. The van der Waals surface area contributed by atoms with Crippen molar-refractivity contribution in [1.29, 1.82) is 0 Å². The fraction of sp³-hybridized carbons (Fsp3) is 0.625. The van der Waals surface area contributed by atoms with Crippen molar-refractivity contribution >= 4 is 11.6 Å². The number of halogens is 1. The van der Waals surface area contributed by atoms with Crippen molar-refractivity contribution in [2.24, 2.45) is 5.73 Å². The topological polar surface area (TPSA) is 32.5 Å². The zero-order valence-corrected chi connectivity index (χ0v) is 14.0. The van der Waals surface area contributed by atoms with E-state index >= 15 is 0 Å². The molecular weight excluding hydrogens is 270 g/mol. The SMILES string of the molecule is CN(C)CCCN(C)C(C)(CN)Cc1ccc(Cl)cc1. The van der Waals surface area contributed by atoms with Crippen LogP contribution < -0.4 is 5.73 Å². The lowest BCUT2D eigenvalue weighted by atomic mass is 9.91. The first-order valence-corrected chi connectivity index (χ1v) is 7.55. The van der Waals surface area contributed by atoms with E-state index in [1.165, 1.54) is 5.56 Å². The van der Waals surface area contributed by atoms with Gasteiger partial charge in [0.05, 0.1) is 0 Å². The van der Waals surface area contributed by atoms with E-state index in [0.717, 1.165) is 31.0 Å². The zero-order valence-electron chi connectivity index (χ0n) is 13.2. The number of hydrogen-bond acceptors (Lipinski definition) is 3. The van der Waals surface area contributed by atoms with E-state index in [2.05, 4.69) is 50.0 Å². The standard InChI is InChI=1S/C16H28ClN3/c1-16(13-18,20(4)11-5-10-19(2)3)12-14-6-8-15(17)9-7-14/h6-9H,5,10-13,18H2,1-4H3. The lowest BCUT2D eigenvalue weighted by Crippen LogP contribution is -2.51. The molecule has 1 atom stereocenters. The third kappa shape index (κ3) is 5.41. The van der Waals surface area contributed by atoms with Gasteiger partial charge in [0, 0.05) is 17.1 Å². The molecule has 0 spiro atoms. The Kier molecular flexibility index (Phi) is 6.96. The number of benzene rings is 1. The van der Waals surface area contributed by atoms with Crippen LogP contribution in [0.2, 0.25) is 5.02 Å². The molecular formula is C16H28ClN3. The molecule has 0 bridgehead atoms. The quantitative estimate of drug-likeness (QED) is 0.800. The first-order chi connectivity index (χ1) is 9.37. The van der Waals surface area contributed by atoms with Crippen LogP contribution in [0.4, 0.5) is 0 Å². The molecule has 0 radical (unpaired) electrons. The van der Waals surface area contributed by atoms with Gasteiger partial charge in [-0.15, -0.1) is 0 Å². The van der Waals surface area contributed by atoms with Crippen molar-refractivity contribution in [3.63, 3.8) is 0 Å². The second-order valence-corrected chi connectivity index (χ2v) is 6.52. The van der Waals surface area contributed by atoms with E-state index in [4.69, 9.17) is 17.3 Å². The van der Waals surface area contributed by atoms with Gasteiger partial charge < -0.3 is 10.6 Å². The Bertz CT molecular complexity index is 391. The molecule has 1 aromatic carbocycles. The van der Waals surface area contributed by atoms with E-state index in [9.17, 15) is 0 Å². The van der Waals surface area contributed by atoms with Crippen molar-refractivity contribution in [3.05, 3.63) is 34.9 Å². The molecule has 0 saturated heterocycles. The van der Waals surface area contributed by atoms with E-state index < -0.39 is 0 Å². The second-order valence-electron chi connectivity index (χ2n) is 6.08. The van der Waals surface area contributed by atoms with Crippen LogP contribution in [0.1, 0.15) is 18.9 Å². The minimum absolute atomic E-state index is 0.0137. The van der Waals surface area contributed by atoms with Gasteiger partial charge in [0.2, 0.25) is 0 Å². The highest BCUT2D eigenvalue weighted by Crippen LogP contribution is 2.20. The van der Waals surface area contributed by atoms with Gasteiger partial charge in [0.1, 0.15) is 0 Å². The summed E-state index contributed by atoms with van der Waals surface area (Å²) in [6.45, 7) is 5.04. The second kappa shape index (κ2) is 7.99. The van der Waals surface area contributed by atoms with Crippen molar-refractivity contribution in [1.82, 2.24) is 9.80 Å². The Morgan fingerprint density at radius 3 is 2.20 bits per heavy atom. The molecule has 0 amide bonds. The molecule has 0 aliphatic heterocycles. The summed E-state index contributed by atoms with van der Waals surface area (Å²) in [6.07, 6.45) is 2.10. The first-order valence-electron chi connectivity index (χ1n) is 7.18. The number of likely N-dealkylation sites (N-methyl/N-ethyl adjacent to an activating group) is 1. The first kappa shape index (κ1) is 17.4. The van der Waals surface area contributed by atoms with Gasteiger partial charge in [0.15, 0.2) is 0 Å². The Morgan fingerprint density at radius 1 is 1.10 bits per heavy atom. The van der Waals surface area contributed by atoms with Gasteiger partial charge in [-0.25, -0.2) is 0 Å². The predicted molar refractivity (Wildman–Crippen MR) is 88.4 cm³/mol. The van der Waals surface area contributed by atoms with E-state index in [-0.39, 0.29) is 5.54 Å². The third-order valence-corrected chi connectivity index (χ3v) is 4.21. The van der Waals surface area contributed by atoms with Crippen LogP contribution in [-0.4, -0.2) is 56.1 Å². The smallest absolute Gasteiger partial charge is 0.0406 e. The minimum Gasteiger partial charge on any atom is -0.329 e. The fourth-order valence-electron chi connectivity index (χ4n) is 2.30. The molecule has 114 valence electrons. The molecule has 0 aliphatic rings. The lowest BCUT2D eigenvalue weighted by molar-refractivity contribution is 0.138. The maximum atomic E-state index is 6.04. The summed E-state index contributed by atoms with van der Waals surface area (Å²) in [6, 6.07) is 8.06. The normalized spacial score (nSPS) is 14.8. The monoisotopic (exact) mass is 297 g/mol. The largest absolute Gasteiger partial charge is 0.329 e. The van der Waals surface area contributed by atoms with Crippen molar-refractivity contribution in [2.75, 3.05) is 40.8 Å². The van der Waals surface area contributed by atoms with E-state index in [0.29, 0.717) is 6.54 Å². The highest BCUT2D eigenvalue weighted by molar-refractivity contribution is 6.30. The van der Waals surface area contributed by atoms with Gasteiger partial charge >= 0.3 is 0 Å². The van der Waals surface area contributed by atoms with Crippen LogP contribution >= 0.6 is 11.6 Å². The predicted octanol–water partition coefficient (Wildman–Crippen LogP) is 2.48. The highest BCUT2D eigenvalue weighted by atomic mass is 35.5. The Labute approximate surface area is 128 Å². The molecule has 1 unspecified atom stereocenters. The van der Waals surface area contributed by atoms with Gasteiger partial charge in [-0.2, -0.15) is 0 Å². The number of nitrogens with zero attached hydrogens (tertiary/aromatic N) is 2. The summed E-state index contributed by atoms with van der Waals surface area (Å²) in [5, 5.41) is 0.780. The summed E-state index contributed by atoms with van der Waals surface area (Å²) in [5.74, 6) is 0. The lowest BCUT2D eigenvalue weighted by Gasteiger charge is -2.38. The average molecular weight is 298 g/mol. The Balaban J connectivity index is 2.62. The highest BCUT2D eigenvalue weighted by Gasteiger charge is 2.27. The molecule has 4 heteroatoms. The van der Waals surface area contributed by atoms with Gasteiger partial charge in [0.25, 0.3) is 0 Å². The van der Waals surface area contributed by atoms with Crippen LogP contribution in [0.25, 0.3) is 0 Å². The number of rotatable bonds is 8. The summed E-state index contributed by atoms with van der Waals surface area (Å²) in [5.41, 5.74) is 7.30. The number of hydrogen-bond donors (Lipinski definition) is 1. The fourth-order valence-corrected chi connectivity index (χ4v) is 2.42. The van der Waals surface area contributed by atoms with E-state index in [1.54, 1.807) is 0 Å². The summed E-state index contributed by atoms with van der Waals surface area (Å²) in [4.78, 5) is 4.60. The summed E-state index contributed by atoms with van der Waals surface area (Å²) in [7, 11) is 6.38. The average Bonchev–Trinajstić information content (AvgIpc) is 2.40. The number of nitrogens with two attached hydrogens (primary N) is 1. The van der Waals surface area contributed by atoms with Crippen molar-refractivity contribution < 1.29 is 0 Å². The summed E-state index contributed by atoms with van der Waals surface area (Å²) < 4.78 is 0. The van der Waals surface area contributed by atoms with E-state index in [1.807, 2.05) is 12.1 Å². The molecule has 0 heterocycles. The maximum Gasteiger partial charge on any atom is 0.0406 e. The molecule has 2 N–H and O–H groups in total. The van der Waals surface area contributed by atoms with Gasteiger partial charge in [-0.3, -0.25) is 4.90 Å². The zero-order chi connectivity index (χ0) is 15.2. The van der Waals surface area contributed by atoms with Crippen LogP contribution in [0.3, 0.4) is 0 Å². The molecule has 0 aromatic heterocycles. The van der Waals surface area contributed by atoms with Crippen LogP contribution in [0.5, 0.6) is 0 Å². The Morgan fingerprint density at radius 2 is 1.70 bits per heavy atom. The summed E-state index contributed by atoms with van der Waals surface area (Å²) >= 11 is 5.94. The van der Waals surface area contributed by atoms with Gasteiger partial charge in [-0.1, -0.05) is 23.7 Å². The van der Waals surface area contributed by atoms with Gasteiger partial charge in [-0.05, 0) is 71.7 Å².